The molecule has 0 spiro atoms. The van der Waals surface area contributed by atoms with E-state index in [0.29, 0.717) is 12.1 Å². The molecule has 2 aromatic rings. The van der Waals surface area contributed by atoms with E-state index in [4.69, 9.17) is 5.73 Å². The lowest BCUT2D eigenvalue weighted by Gasteiger charge is -2.12. The van der Waals surface area contributed by atoms with E-state index in [9.17, 15) is 4.79 Å². The van der Waals surface area contributed by atoms with Gasteiger partial charge >= 0.3 is 0 Å². The maximum absolute atomic E-state index is 11.8. The largest absolute Gasteiger partial charge is 0.350 e. The van der Waals surface area contributed by atoms with Crippen LogP contribution in [0.15, 0.2) is 54.9 Å². The zero-order valence-electron chi connectivity index (χ0n) is 9.91. The van der Waals surface area contributed by atoms with E-state index in [1.165, 1.54) is 6.20 Å². The summed E-state index contributed by atoms with van der Waals surface area (Å²) in [6.45, 7) is 0.401. The smallest absolute Gasteiger partial charge is 0.252 e. The van der Waals surface area contributed by atoms with Gasteiger partial charge in [-0.05, 0) is 17.7 Å². The summed E-state index contributed by atoms with van der Waals surface area (Å²) < 4.78 is 0. The van der Waals surface area contributed by atoms with Crippen LogP contribution in [-0.4, -0.2) is 17.4 Å². The Balaban J connectivity index is 1.91. The van der Waals surface area contributed by atoms with Crippen LogP contribution < -0.4 is 11.1 Å². The number of nitrogens with one attached hydrogen (secondary N) is 1. The van der Waals surface area contributed by atoms with Crippen molar-refractivity contribution in [3.8, 4) is 0 Å². The van der Waals surface area contributed by atoms with E-state index in [2.05, 4.69) is 10.3 Å². The molecular weight excluding hydrogens is 226 g/mol. The number of benzene rings is 1. The topological polar surface area (TPSA) is 68.0 Å². The minimum atomic E-state index is -0.202. The van der Waals surface area contributed by atoms with Gasteiger partial charge in [-0.1, -0.05) is 30.3 Å². The summed E-state index contributed by atoms with van der Waals surface area (Å²) in [5.41, 5.74) is 7.53. The maximum atomic E-state index is 11.8. The summed E-state index contributed by atoms with van der Waals surface area (Å²) >= 11 is 0. The number of hydrogen-bond donors (Lipinski definition) is 2. The number of nitrogens with zero attached hydrogens (tertiary/aromatic N) is 1. The number of amides is 1. The van der Waals surface area contributed by atoms with Crippen molar-refractivity contribution in [3.63, 3.8) is 0 Å². The van der Waals surface area contributed by atoms with Crippen molar-refractivity contribution in [1.29, 1.82) is 0 Å². The van der Waals surface area contributed by atoms with Crippen LogP contribution in [-0.2, 0) is 0 Å². The Kier molecular flexibility index (Phi) is 4.04. The Bertz CT molecular complexity index is 499. The van der Waals surface area contributed by atoms with E-state index in [1.807, 2.05) is 30.3 Å². The lowest BCUT2D eigenvalue weighted by Crippen LogP contribution is -2.31. The molecule has 1 atom stereocenters. The molecule has 4 heteroatoms. The lowest BCUT2D eigenvalue weighted by atomic mass is 10.1. The van der Waals surface area contributed by atoms with E-state index in [-0.39, 0.29) is 11.9 Å². The minimum absolute atomic E-state index is 0.158. The third kappa shape index (κ3) is 3.15. The van der Waals surface area contributed by atoms with Crippen molar-refractivity contribution in [2.75, 3.05) is 6.54 Å². The molecule has 92 valence electrons. The molecule has 0 saturated heterocycles. The van der Waals surface area contributed by atoms with Gasteiger partial charge < -0.3 is 11.1 Å². The molecule has 0 radical (unpaired) electrons. The second-order valence-electron chi connectivity index (χ2n) is 3.97. The van der Waals surface area contributed by atoms with Gasteiger partial charge in [0.2, 0.25) is 0 Å². The minimum Gasteiger partial charge on any atom is -0.350 e. The molecule has 0 aliphatic carbocycles. The van der Waals surface area contributed by atoms with Crippen molar-refractivity contribution in [2.24, 2.45) is 5.73 Å². The lowest BCUT2D eigenvalue weighted by molar-refractivity contribution is 0.0951. The average Bonchev–Trinajstić information content (AvgIpc) is 2.46. The van der Waals surface area contributed by atoms with Crippen molar-refractivity contribution in [2.45, 2.75) is 6.04 Å². The molecule has 0 aliphatic rings. The molecule has 2 rings (SSSR count). The normalized spacial score (nSPS) is 11.8. The second-order valence-corrected chi connectivity index (χ2v) is 3.97. The van der Waals surface area contributed by atoms with E-state index >= 15 is 0 Å². The zero-order valence-corrected chi connectivity index (χ0v) is 9.91. The van der Waals surface area contributed by atoms with Gasteiger partial charge in [0.05, 0.1) is 5.56 Å². The molecule has 18 heavy (non-hydrogen) atoms. The average molecular weight is 241 g/mol. The highest BCUT2D eigenvalue weighted by Crippen LogP contribution is 2.08. The summed E-state index contributed by atoms with van der Waals surface area (Å²) in [5, 5.41) is 2.79. The standard InChI is InChI=1S/C14H15N3O/c15-13(11-5-2-1-3-6-11)10-17-14(18)12-7-4-8-16-9-12/h1-9,13H,10,15H2,(H,17,18)/t13-/m1/s1. The maximum Gasteiger partial charge on any atom is 0.252 e. The van der Waals surface area contributed by atoms with Crippen LogP contribution in [0.4, 0.5) is 0 Å². The summed E-state index contributed by atoms with van der Waals surface area (Å²) in [6.07, 6.45) is 3.16. The predicted octanol–water partition coefficient (Wildman–Crippen LogP) is 1.51. The molecule has 0 bridgehead atoms. The number of nitrogens with two attached hydrogens (primary N) is 1. The van der Waals surface area contributed by atoms with Crippen molar-refractivity contribution in [3.05, 3.63) is 66.0 Å². The van der Waals surface area contributed by atoms with Crippen LogP contribution in [0.2, 0.25) is 0 Å². The number of rotatable bonds is 4. The first-order valence-corrected chi connectivity index (χ1v) is 5.76. The van der Waals surface area contributed by atoms with E-state index < -0.39 is 0 Å². The molecule has 0 fully saturated rings. The highest BCUT2D eigenvalue weighted by atomic mass is 16.1. The van der Waals surface area contributed by atoms with Crippen LogP contribution in [0.3, 0.4) is 0 Å². The molecule has 1 heterocycles. The van der Waals surface area contributed by atoms with Crippen LogP contribution in [0.5, 0.6) is 0 Å². The number of carbonyl (C=O) groups excluding carboxylic acids is 1. The van der Waals surface area contributed by atoms with Crippen molar-refractivity contribution in [1.82, 2.24) is 10.3 Å². The highest BCUT2D eigenvalue weighted by Gasteiger charge is 2.09. The third-order valence-electron chi connectivity index (χ3n) is 2.63. The van der Waals surface area contributed by atoms with E-state index in [1.54, 1.807) is 18.3 Å². The van der Waals surface area contributed by atoms with Crippen LogP contribution in [0, 0.1) is 0 Å². The van der Waals surface area contributed by atoms with Gasteiger partial charge in [0.15, 0.2) is 0 Å². The number of hydrogen-bond acceptors (Lipinski definition) is 3. The molecule has 1 amide bonds. The second kappa shape index (κ2) is 5.93. The summed E-state index contributed by atoms with van der Waals surface area (Å²) in [4.78, 5) is 15.7. The Morgan fingerprint density at radius 1 is 1.22 bits per heavy atom. The van der Waals surface area contributed by atoms with Gasteiger partial charge in [-0.15, -0.1) is 0 Å². The molecule has 1 aromatic heterocycles. The molecule has 0 aliphatic heterocycles. The summed E-state index contributed by atoms with van der Waals surface area (Å²) in [6, 6.07) is 12.9. The predicted molar refractivity (Wildman–Crippen MR) is 69.9 cm³/mol. The van der Waals surface area contributed by atoms with Crippen LogP contribution >= 0.6 is 0 Å². The van der Waals surface area contributed by atoms with Crippen molar-refractivity contribution < 1.29 is 4.79 Å². The fourth-order valence-corrected chi connectivity index (χ4v) is 1.62. The van der Waals surface area contributed by atoms with Gasteiger partial charge in [0, 0.05) is 25.0 Å². The van der Waals surface area contributed by atoms with Gasteiger partial charge in [-0.2, -0.15) is 0 Å². The first-order chi connectivity index (χ1) is 8.77. The highest BCUT2D eigenvalue weighted by molar-refractivity contribution is 5.93. The van der Waals surface area contributed by atoms with Gasteiger partial charge in [-0.3, -0.25) is 9.78 Å². The first-order valence-electron chi connectivity index (χ1n) is 5.76. The van der Waals surface area contributed by atoms with E-state index in [0.717, 1.165) is 5.56 Å². The van der Waals surface area contributed by atoms with Gasteiger partial charge in [-0.25, -0.2) is 0 Å². The Morgan fingerprint density at radius 3 is 2.67 bits per heavy atom. The van der Waals surface area contributed by atoms with Crippen LogP contribution in [0.1, 0.15) is 22.0 Å². The monoisotopic (exact) mass is 241 g/mol. The SMILES string of the molecule is N[C@H](CNC(=O)c1cccnc1)c1ccccc1. The number of aromatic nitrogens is 1. The van der Waals surface area contributed by atoms with Gasteiger partial charge in [0.25, 0.3) is 5.91 Å². The molecular formula is C14H15N3O. The Morgan fingerprint density at radius 2 is 2.00 bits per heavy atom. The quantitative estimate of drug-likeness (QED) is 0.852. The first kappa shape index (κ1) is 12.3. The van der Waals surface area contributed by atoms with Crippen molar-refractivity contribution >= 4 is 5.91 Å². The zero-order chi connectivity index (χ0) is 12.8. The Hall–Kier alpha value is -2.20. The summed E-state index contributed by atoms with van der Waals surface area (Å²) in [7, 11) is 0. The fourth-order valence-electron chi connectivity index (χ4n) is 1.62. The Labute approximate surface area is 106 Å². The number of carbonyl (C=O) groups is 1. The molecule has 1 aromatic carbocycles. The molecule has 0 saturated carbocycles. The molecule has 4 nitrogen and oxygen atoms in total. The van der Waals surface area contributed by atoms with Gasteiger partial charge in [0.1, 0.15) is 0 Å². The molecule has 3 N–H and O–H groups in total. The van der Waals surface area contributed by atoms with Crippen LogP contribution in [0.25, 0.3) is 0 Å². The fraction of sp³-hybridized carbons (Fsp3) is 0.143. The number of pyridine rings is 1. The molecule has 0 unspecified atom stereocenters. The summed E-state index contributed by atoms with van der Waals surface area (Å²) in [5.74, 6) is -0.158. The third-order valence-corrected chi connectivity index (χ3v) is 2.63.